The number of ether oxygens (including phenoxy) is 2. The van der Waals surface area contributed by atoms with Gasteiger partial charge < -0.3 is 14.8 Å². The third kappa shape index (κ3) is 6.70. The lowest BCUT2D eigenvalue weighted by atomic mass is 10.2. The molecule has 0 fully saturated rings. The summed E-state index contributed by atoms with van der Waals surface area (Å²) in [4.78, 5) is 12.3. The summed E-state index contributed by atoms with van der Waals surface area (Å²) in [7, 11) is -3.83. The molecule has 3 rings (SSSR count). The maximum atomic E-state index is 12.7. The molecule has 0 saturated carbocycles. The number of carbonyl (C=O) groups excluding carboxylic acids is 1. The molecule has 0 aliphatic heterocycles. The monoisotopic (exact) mass is 542 g/mol. The first-order chi connectivity index (χ1) is 16.1. The van der Waals surface area contributed by atoms with Gasteiger partial charge in [0.25, 0.3) is 15.9 Å². The van der Waals surface area contributed by atoms with Gasteiger partial charge in [-0.2, -0.15) is 0 Å². The van der Waals surface area contributed by atoms with E-state index in [9.17, 15) is 13.2 Å². The largest absolute Gasteiger partial charge is 0.494 e. The molecule has 180 valence electrons. The maximum absolute atomic E-state index is 12.7. The van der Waals surface area contributed by atoms with E-state index in [1.807, 2.05) is 6.92 Å². The van der Waals surface area contributed by atoms with Crippen LogP contribution in [0.2, 0.25) is 15.1 Å². The van der Waals surface area contributed by atoms with Gasteiger partial charge in [-0.25, -0.2) is 8.42 Å². The second kappa shape index (κ2) is 11.2. The average Bonchev–Trinajstić information content (AvgIpc) is 2.78. The van der Waals surface area contributed by atoms with E-state index in [1.54, 1.807) is 31.2 Å². The van der Waals surface area contributed by atoms with E-state index in [-0.39, 0.29) is 26.6 Å². The van der Waals surface area contributed by atoms with Crippen molar-refractivity contribution >= 4 is 62.1 Å². The normalized spacial score (nSPS) is 11.1. The zero-order valence-corrected chi connectivity index (χ0v) is 21.3. The second-order valence-electron chi connectivity index (χ2n) is 7.07. The lowest BCUT2D eigenvalue weighted by Crippen LogP contribution is -2.20. The van der Waals surface area contributed by atoms with Crippen molar-refractivity contribution in [3.05, 3.63) is 75.2 Å². The van der Waals surface area contributed by atoms with Crippen LogP contribution in [-0.4, -0.2) is 27.5 Å². The molecule has 3 aromatic carbocycles. The fraction of sp³-hybridized carbons (Fsp3) is 0.174. The third-order valence-electron chi connectivity index (χ3n) is 4.52. The van der Waals surface area contributed by atoms with Crippen LogP contribution >= 0.6 is 34.8 Å². The van der Waals surface area contributed by atoms with Crippen LogP contribution in [0, 0.1) is 6.92 Å². The van der Waals surface area contributed by atoms with E-state index in [2.05, 4.69) is 10.0 Å². The first kappa shape index (κ1) is 26.0. The third-order valence-corrected chi connectivity index (χ3v) is 6.93. The predicted octanol–water partition coefficient (Wildman–Crippen LogP) is 6.17. The minimum atomic E-state index is -3.83. The van der Waals surface area contributed by atoms with Gasteiger partial charge in [0.1, 0.15) is 11.5 Å². The minimum absolute atomic E-state index is 0.0540. The molecule has 0 aromatic heterocycles. The summed E-state index contributed by atoms with van der Waals surface area (Å²) >= 11 is 17.9. The molecule has 0 aliphatic rings. The highest BCUT2D eigenvalue weighted by Crippen LogP contribution is 2.32. The van der Waals surface area contributed by atoms with Crippen LogP contribution in [0.25, 0.3) is 0 Å². The van der Waals surface area contributed by atoms with Gasteiger partial charge in [0, 0.05) is 5.69 Å². The molecule has 0 aliphatic carbocycles. The van der Waals surface area contributed by atoms with Crippen molar-refractivity contribution in [2.75, 3.05) is 23.3 Å². The molecule has 0 heterocycles. The van der Waals surface area contributed by atoms with E-state index < -0.39 is 15.9 Å². The first-order valence-corrected chi connectivity index (χ1v) is 12.6. The predicted molar refractivity (Wildman–Crippen MR) is 135 cm³/mol. The Morgan fingerprint density at radius 1 is 0.912 bits per heavy atom. The van der Waals surface area contributed by atoms with E-state index in [0.717, 1.165) is 0 Å². The van der Waals surface area contributed by atoms with Gasteiger partial charge in [-0.15, -0.1) is 0 Å². The van der Waals surface area contributed by atoms with Gasteiger partial charge in [0.2, 0.25) is 0 Å². The molecule has 2 N–H and O–H groups in total. The van der Waals surface area contributed by atoms with Crippen molar-refractivity contribution in [2.24, 2.45) is 0 Å². The van der Waals surface area contributed by atoms with Crippen LogP contribution in [-0.2, 0) is 14.8 Å². The number of rotatable bonds is 9. The van der Waals surface area contributed by atoms with Crippen molar-refractivity contribution in [2.45, 2.75) is 18.7 Å². The Bertz CT molecular complexity index is 1300. The second-order valence-corrected chi connectivity index (χ2v) is 9.98. The van der Waals surface area contributed by atoms with Crippen molar-refractivity contribution in [3.63, 3.8) is 0 Å². The Kier molecular flexibility index (Phi) is 8.54. The highest BCUT2D eigenvalue weighted by Gasteiger charge is 2.17. The Hall–Kier alpha value is -2.65. The van der Waals surface area contributed by atoms with E-state index in [0.29, 0.717) is 35.0 Å². The average molecular weight is 544 g/mol. The number of sulfonamides is 1. The van der Waals surface area contributed by atoms with E-state index in [4.69, 9.17) is 44.3 Å². The van der Waals surface area contributed by atoms with E-state index in [1.165, 1.54) is 30.3 Å². The van der Waals surface area contributed by atoms with Crippen molar-refractivity contribution in [3.8, 4) is 11.5 Å². The zero-order valence-electron chi connectivity index (χ0n) is 18.2. The van der Waals surface area contributed by atoms with Gasteiger partial charge in [-0.05, 0) is 74.0 Å². The molecule has 0 atom stereocenters. The van der Waals surface area contributed by atoms with Crippen molar-refractivity contribution in [1.29, 1.82) is 0 Å². The Morgan fingerprint density at radius 3 is 2.24 bits per heavy atom. The summed E-state index contributed by atoms with van der Waals surface area (Å²) in [6.45, 7) is 3.74. The number of carbonyl (C=O) groups is 1. The van der Waals surface area contributed by atoms with Crippen LogP contribution in [0.1, 0.15) is 12.5 Å². The van der Waals surface area contributed by atoms with Crippen LogP contribution in [0.4, 0.5) is 11.4 Å². The summed E-state index contributed by atoms with van der Waals surface area (Å²) < 4.78 is 38.9. The van der Waals surface area contributed by atoms with E-state index >= 15 is 0 Å². The van der Waals surface area contributed by atoms with Crippen LogP contribution < -0.4 is 19.5 Å². The van der Waals surface area contributed by atoms with Gasteiger partial charge in [0.05, 0.1) is 32.3 Å². The maximum Gasteiger partial charge on any atom is 0.262 e. The fourth-order valence-electron chi connectivity index (χ4n) is 2.90. The molecular formula is C23H21Cl3N2O5S. The Morgan fingerprint density at radius 2 is 1.59 bits per heavy atom. The van der Waals surface area contributed by atoms with Gasteiger partial charge >= 0.3 is 0 Å². The molecule has 7 nitrogen and oxygen atoms in total. The summed E-state index contributed by atoms with van der Waals surface area (Å²) in [5.74, 6) is 0.525. The molecule has 0 saturated heterocycles. The number of amides is 1. The molecule has 1 amide bonds. The minimum Gasteiger partial charge on any atom is -0.494 e. The number of benzene rings is 3. The molecule has 0 bridgehead atoms. The summed E-state index contributed by atoms with van der Waals surface area (Å²) in [5.41, 5.74) is 1.23. The highest BCUT2D eigenvalue weighted by atomic mass is 35.5. The number of nitrogens with one attached hydrogen (secondary N) is 2. The Balaban J connectivity index is 1.64. The number of hydrogen-bond donors (Lipinski definition) is 2. The fourth-order valence-corrected chi connectivity index (χ4v) is 4.64. The number of hydrogen-bond acceptors (Lipinski definition) is 5. The van der Waals surface area contributed by atoms with Gasteiger partial charge in [-0.3, -0.25) is 9.52 Å². The van der Waals surface area contributed by atoms with Crippen molar-refractivity contribution < 1.29 is 22.7 Å². The molecule has 3 aromatic rings. The lowest BCUT2D eigenvalue weighted by molar-refractivity contribution is -0.118. The molecule has 34 heavy (non-hydrogen) atoms. The van der Waals surface area contributed by atoms with Crippen LogP contribution in [0.3, 0.4) is 0 Å². The SMILES string of the molecule is CCOc1ccc(NS(=O)(=O)c2ccc(OCC(=O)Nc3cc(Cl)c(Cl)cc3Cl)c(C)c2)cc1. The standard InChI is InChI=1S/C23H21Cl3N2O5S/c1-3-32-16-6-4-15(5-7-16)28-34(30,31)17-8-9-22(14(2)10-17)33-13-23(29)27-21-12-19(25)18(24)11-20(21)26/h4-12,28H,3,13H2,1-2H3,(H,27,29). The van der Waals surface area contributed by atoms with Crippen molar-refractivity contribution in [1.82, 2.24) is 0 Å². The summed E-state index contributed by atoms with van der Waals surface area (Å²) in [6.07, 6.45) is 0. The first-order valence-electron chi connectivity index (χ1n) is 10.0. The number of halogens is 3. The Labute approximate surface area is 213 Å². The topological polar surface area (TPSA) is 93.7 Å². The number of aryl methyl sites for hydroxylation is 1. The number of anilines is 2. The molecular weight excluding hydrogens is 523 g/mol. The van der Waals surface area contributed by atoms with Crippen LogP contribution in [0.15, 0.2) is 59.5 Å². The smallest absolute Gasteiger partial charge is 0.262 e. The van der Waals surface area contributed by atoms with Gasteiger partial charge in [-0.1, -0.05) is 34.8 Å². The molecule has 11 heteroatoms. The summed E-state index contributed by atoms with van der Waals surface area (Å²) in [5, 5.41) is 3.33. The van der Waals surface area contributed by atoms with Crippen LogP contribution in [0.5, 0.6) is 11.5 Å². The molecule has 0 unspecified atom stereocenters. The highest BCUT2D eigenvalue weighted by molar-refractivity contribution is 7.92. The quantitative estimate of drug-likeness (QED) is 0.315. The lowest BCUT2D eigenvalue weighted by Gasteiger charge is -2.13. The summed E-state index contributed by atoms with van der Waals surface area (Å²) in [6, 6.07) is 13.8. The van der Waals surface area contributed by atoms with Gasteiger partial charge in [0.15, 0.2) is 6.61 Å². The zero-order chi connectivity index (χ0) is 24.9. The molecule has 0 radical (unpaired) electrons. The molecule has 0 spiro atoms.